The van der Waals surface area contributed by atoms with Crippen molar-refractivity contribution in [3.63, 3.8) is 0 Å². The van der Waals surface area contributed by atoms with Gasteiger partial charge in [0.2, 0.25) is 0 Å². The van der Waals surface area contributed by atoms with Crippen molar-refractivity contribution in [2.45, 2.75) is 51.0 Å². The molecule has 130 valence electrons. The lowest BCUT2D eigenvalue weighted by Crippen LogP contribution is -2.55. The van der Waals surface area contributed by atoms with Crippen molar-refractivity contribution in [3.8, 4) is 0 Å². The predicted molar refractivity (Wildman–Crippen MR) is 90.0 cm³/mol. The molecule has 0 spiro atoms. The molecule has 2 amide bonds. The lowest BCUT2D eigenvalue weighted by molar-refractivity contribution is -0.145. The average Bonchev–Trinajstić information content (AvgIpc) is 2.60. The minimum Gasteiger partial charge on any atom is -0.480 e. The standard InChI is InChI=1S/C18H24N2O4/c1-2-11-19-15(21)13-7-6-8-14(12-13)16(22)20-18(17(23)24)9-4-3-5-10-18/h6-8,12H,2-5,9-11H2,1H3,(H,19,21)(H,20,22)(H,23,24). The molecule has 0 bridgehead atoms. The zero-order valence-corrected chi connectivity index (χ0v) is 13.9. The lowest BCUT2D eigenvalue weighted by Gasteiger charge is -2.34. The first-order valence-corrected chi connectivity index (χ1v) is 8.43. The summed E-state index contributed by atoms with van der Waals surface area (Å²) in [4.78, 5) is 36.2. The molecule has 0 unspecified atom stereocenters. The van der Waals surface area contributed by atoms with Crippen LogP contribution < -0.4 is 10.6 Å². The maximum atomic E-state index is 12.5. The van der Waals surface area contributed by atoms with Crippen molar-refractivity contribution in [1.82, 2.24) is 10.6 Å². The van der Waals surface area contributed by atoms with Gasteiger partial charge in [0.15, 0.2) is 0 Å². The largest absolute Gasteiger partial charge is 0.480 e. The molecule has 0 atom stereocenters. The predicted octanol–water partition coefficient (Wildman–Crippen LogP) is 2.34. The van der Waals surface area contributed by atoms with E-state index in [1.807, 2.05) is 6.92 Å². The van der Waals surface area contributed by atoms with Gasteiger partial charge >= 0.3 is 5.97 Å². The summed E-state index contributed by atoms with van der Waals surface area (Å²) in [7, 11) is 0. The number of aliphatic carboxylic acids is 1. The van der Waals surface area contributed by atoms with Gasteiger partial charge in [-0.3, -0.25) is 9.59 Å². The molecule has 1 saturated carbocycles. The number of carbonyl (C=O) groups excluding carboxylic acids is 2. The van der Waals surface area contributed by atoms with Crippen LogP contribution in [0.4, 0.5) is 0 Å². The second-order valence-corrected chi connectivity index (χ2v) is 6.24. The maximum absolute atomic E-state index is 12.5. The summed E-state index contributed by atoms with van der Waals surface area (Å²) in [6, 6.07) is 6.35. The van der Waals surface area contributed by atoms with E-state index in [4.69, 9.17) is 0 Å². The van der Waals surface area contributed by atoms with E-state index in [9.17, 15) is 19.5 Å². The highest BCUT2D eigenvalue weighted by atomic mass is 16.4. The zero-order chi connectivity index (χ0) is 17.6. The Labute approximate surface area is 141 Å². The molecule has 1 aromatic rings. The molecule has 1 fully saturated rings. The molecule has 0 aromatic heterocycles. The van der Waals surface area contributed by atoms with Gasteiger partial charge < -0.3 is 15.7 Å². The Hall–Kier alpha value is -2.37. The van der Waals surface area contributed by atoms with Gasteiger partial charge in [0.1, 0.15) is 5.54 Å². The maximum Gasteiger partial charge on any atom is 0.329 e. The number of rotatable bonds is 6. The van der Waals surface area contributed by atoms with Gasteiger partial charge in [-0.15, -0.1) is 0 Å². The molecular formula is C18H24N2O4. The van der Waals surface area contributed by atoms with Crippen molar-refractivity contribution in [1.29, 1.82) is 0 Å². The third-order valence-corrected chi connectivity index (χ3v) is 4.39. The lowest BCUT2D eigenvalue weighted by atomic mass is 9.81. The number of carboxylic acids is 1. The molecule has 1 aliphatic carbocycles. The topological polar surface area (TPSA) is 95.5 Å². The Kier molecular flexibility index (Phi) is 5.95. The van der Waals surface area contributed by atoms with Crippen LogP contribution in [0.5, 0.6) is 0 Å². The number of hydrogen-bond donors (Lipinski definition) is 3. The van der Waals surface area contributed by atoms with Gasteiger partial charge in [-0.1, -0.05) is 32.3 Å². The average molecular weight is 332 g/mol. The van der Waals surface area contributed by atoms with Gasteiger partial charge in [-0.05, 0) is 37.5 Å². The molecule has 0 radical (unpaired) electrons. The Morgan fingerprint density at radius 2 is 1.71 bits per heavy atom. The van der Waals surface area contributed by atoms with E-state index in [1.54, 1.807) is 18.2 Å². The Balaban J connectivity index is 2.14. The van der Waals surface area contributed by atoms with E-state index in [2.05, 4.69) is 10.6 Å². The first kappa shape index (κ1) is 18.0. The fourth-order valence-electron chi connectivity index (χ4n) is 2.98. The smallest absolute Gasteiger partial charge is 0.329 e. The third kappa shape index (κ3) is 4.13. The van der Waals surface area contributed by atoms with Crippen LogP contribution in [0.2, 0.25) is 0 Å². The number of hydrogen-bond acceptors (Lipinski definition) is 3. The van der Waals surface area contributed by atoms with Crippen molar-refractivity contribution < 1.29 is 19.5 Å². The Morgan fingerprint density at radius 1 is 1.08 bits per heavy atom. The fraction of sp³-hybridized carbons (Fsp3) is 0.500. The Morgan fingerprint density at radius 3 is 2.29 bits per heavy atom. The normalized spacial score (nSPS) is 16.2. The fourth-order valence-corrected chi connectivity index (χ4v) is 2.98. The second-order valence-electron chi connectivity index (χ2n) is 6.24. The summed E-state index contributed by atoms with van der Waals surface area (Å²) in [5.74, 6) is -1.69. The van der Waals surface area contributed by atoms with Crippen molar-refractivity contribution in [2.75, 3.05) is 6.54 Å². The van der Waals surface area contributed by atoms with Gasteiger partial charge in [-0.2, -0.15) is 0 Å². The molecular weight excluding hydrogens is 308 g/mol. The van der Waals surface area contributed by atoms with Crippen molar-refractivity contribution >= 4 is 17.8 Å². The van der Waals surface area contributed by atoms with Gasteiger partial charge in [0, 0.05) is 17.7 Å². The van der Waals surface area contributed by atoms with Gasteiger partial charge in [0.25, 0.3) is 11.8 Å². The van der Waals surface area contributed by atoms with E-state index in [-0.39, 0.29) is 5.91 Å². The van der Waals surface area contributed by atoms with Crippen molar-refractivity contribution in [2.24, 2.45) is 0 Å². The number of benzene rings is 1. The molecule has 0 heterocycles. The van der Waals surface area contributed by atoms with Crippen LogP contribution in [-0.2, 0) is 4.79 Å². The number of nitrogens with one attached hydrogen (secondary N) is 2. The Bertz CT molecular complexity index is 621. The molecule has 2 rings (SSSR count). The van der Waals surface area contributed by atoms with Crippen LogP contribution in [0, 0.1) is 0 Å². The molecule has 24 heavy (non-hydrogen) atoms. The van der Waals surface area contributed by atoms with E-state index in [0.717, 1.165) is 25.7 Å². The highest BCUT2D eigenvalue weighted by Crippen LogP contribution is 2.29. The van der Waals surface area contributed by atoms with E-state index >= 15 is 0 Å². The number of carboxylic acid groups (broad SMARTS) is 1. The van der Waals surface area contributed by atoms with Crippen LogP contribution in [-0.4, -0.2) is 35.0 Å². The highest BCUT2D eigenvalue weighted by Gasteiger charge is 2.41. The minimum atomic E-state index is -1.20. The van der Waals surface area contributed by atoms with Crippen LogP contribution in [0.3, 0.4) is 0 Å². The summed E-state index contributed by atoms with van der Waals surface area (Å²) in [5, 5.41) is 15.0. The van der Waals surface area contributed by atoms with Crippen LogP contribution in [0.25, 0.3) is 0 Å². The first-order chi connectivity index (χ1) is 11.5. The van der Waals surface area contributed by atoms with Gasteiger partial charge in [0.05, 0.1) is 0 Å². The van der Waals surface area contributed by atoms with Crippen molar-refractivity contribution in [3.05, 3.63) is 35.4 Å². The highest BCUT2D eigenvalue weighted by molar-refractivity contribution is 6.01. The molecule has 1 aliphatic rings. The summed E-state index contributed by atoms with van der Waals surface area (Å²) < 4.78 is 0. The monoisotopic (exact) mass is 332 g/mol. The molecule has 3 N–H and O–H groups in total. The summed E-state index contributed by atoms with van der Waals surface area (Å²) in [5.41, 5.74) is -0.509. The van der Waals surface area contributed by atoms with Crippen LogP contribution in [0.15, 0.2) is 24.3 Å². The van der Waals surface area contributed by atoms with Crippen LogP contribution >= 0.6 is 0 Å². The first-order valence-electron chi connectivity index (χ1n) is 8.43. The molecule has 0 saturated heterocycles. The van der Waals surface area contributed by atoms with E-state index < -0.39 is 17.4 Å². The molecule has 0 aliphatic heterocycles. The van der Waals surface area contributed by atoms with E-state index in [1.165, 1.54) is 6.07 Å². The summed E-state index contributed by atoms with van der Waals surface area (Å²) >= 11 is 0. The summed E-state index contributed by atoms with van der Waals surface area (Å²) in [6.07, 6.45) is 4.25. The van der Waals surface area contributed by atoms with Gasteiger partial charge in [-0.25, -0.2) is 4.79 Å². The zero-order valence-electron chi connectivity index (χ0n) is 13.9. The van der Waals surface area contributed by atoms with Crippen LogP contribution in [0.1, 0.15) is 66.2 Å². The molecule has 1 aromatic carbocycles. The second kappa shape index (κ2) is 7.95. The molecule has 6 nitrogen and oxygen atoms in total. The number of amides is 2. The number of carbonyl (C=O) groups is 3. The SMILES string of the molecule is CCCNC(=O)c1cccc(C(=O)NC2(C(=O)O)CCCCC2)c1. The quantitative estimate of drug-likeness (QED) is 0.745. The van der Waals surface area contributed by atoms with E-state index in [0.29, 0.717) is 30.5 Å². The summed E-state index contributed by atoms with van der Waals surface area (Å²) in [6.45, 7) is 2.52. The molecule has 6 heteroatoms. The minimum absolute atomic E-state index is 0.239. The third-order valence-electron chi connectivity index (χ3n) is 4.39.